The molecule has 0 aliphatic carbocycles. The maximum Gasteiger partial charge on any atom is 0.218 e. The van der Waals surface area contributed by atoms with Gasteiger partial charge in [0.25, 0.3) is 0 Å². The van der Waals surface area contributed by atoms with Crippen LogP contribution in [-0.2, 0) is 14.6 Å². The van der Waals surface area contributed by atoms with Crippen LogP contribution in [0.15, 0.2) is 23.1 Å². The molecule has 4 N–H and O–H groups in total. The van der Waals surface area contributed by atoms with Crippen LogP contribution in [0.5, 0.6) is 0 Å². The summed E-state index contributed by atoms with van der Waals surface area (Å²) in [7, 11) is -3.53. The Morgan fingerprint density at radius 1 is 1.38 bits per heavy atom. The van der Waals surface area contributed by atoms with Gasteiger partial charge in [-0.15, -0.1) is 0 Å². The molecule has 6 heteroatoms. The average Bonchev–Trinajstić information content (AvgIpc) is 2.19. The SMILES string of the molecule is Cc1ccc(N)c(S(=O)(=O)CCC(N)=O)c1. The van der Waals surface area contributed by atoms with Gasteiger partial charge in [0.05, 0.1) is 16.3 Å². The van der Waals surface area contributed by atoms with Gasteiger partial charge in [0, 0.05) is 6.42 Å². The predicted octanol–water partition coefficient (Wildman–Crippen LogP) is 0.226. The van der Waals surface area contributed by atoms with Crippen molar-refractivity contribution in [3.05, 3.63) is 23.8 Å². The van der Waals surface area contributed by atoms with Crippen molar-refractivity contribution in [1.82, 2.24) is 0 Å². The van der Waals surface area contributed by atoms with E-state index >= 15 is 0 Å². The highest BCUT2D eigenvalue weighted by atomic mass is 32.2. The van der Waals surface area contributed by atoms with Crippen LogP contribution in [0.2, 0.25) is 0 Å². The van der Waals surface area contributed by atoms with Crippen molar-refractivity contribution in [2.75, 3.05) is 11.5 Å². The number of anilines is 1. The van der Waals surface area contributed by atoms with Crippen LogP contribution in [0.1, 0.15) is 12.0 Å². The van der Waals surface area contributed by atoms with Gasteiger partial charge in [-0.25, -0.2) is 8.42 Å². The Bertz CT molecular complexity index is 509. The zero-order valence-corrected chi connectivity index (χ0v) is 9.75. The van der Waals surface area contributed by atoms with Gasteiger partial charge in [-0.2, -0.15) is 0 Å². The lowest BCUT2D eigenvalue weighted by Crippen LogP contribution is -2.18. The Morgan fingerprint density at radius 2 is 2.00 bits per heavy atom. The summed E-state index contributed by atoms with van der Waals surface area (Å²) >= 11 is 0. The van der Waals surface area contributed by atoms with Crippen LogP contribution in [0, 0.1) is 6.92 Å². The molecule has 0 heterocycles. The first kappa shape index (κ1) is 12.5. The number of benzene rings is 1. The van der Waals surface area contributed by atoms with Crippen LogP contribution in [0.25, 0.3) is 0 Å². The Morgan fingerprint density at radius 3 is 2.56 bits per heavy atom. The van der Waals surface area contributed by atoms with E-state index in [0.29, 0.717) is 0 Å². The monoisotopic (exact) mass is 242 g/mol. The molecule has 0 fully saturated rings. The molecule has 1 aromatic carbocycles. The third-order valence-electron chi connectivity index (χ3n) is 2.12. The van der Waals surface area contributed by atoms with E-state index in [0.717, 1.165) is 5.56 Å². The summed E-state index contributed by atoms with van der Waals surface area (Å²) in [6.07, 6.45) is -0.199. The van der Waals surface area contributed by atoms with Gasteiger partial charge >= 0.3 is 0 Å². The van der Waals surface area contributed by atoms with E-state index < -0.39 is 15.7 Å². The molecule has 0 unspecified atom stereocenters. The zero-order chi connectivity index (χ0) is 12.3. The maximum absolute atomic E-state index is 11.8. The number of sulfone groups is 1. The zero-order valence-electron chi connectivity index (χ0n) is 8.93. The fourth-order valence-corrected chi connectivity index (χ4v) is 2.74. The second-order valence-electron chi connectivity index (χ2n) is 3.58. The summed E-state index contributed by atoms with van der Waals surface area (Å²) < 4.78 is 23.6. The number of nitrogens with two attached hydrogens (primary N) is 2. The van der Waals surface area contributed by atoms with E-state index in [1.807, 2.05) is 0 Å². The number of amides is 1. The number of rotatable bonds is 4. The van der Waals surface area contributed by atoms with Crippen molar-refractivity contribution >= 4 is 21.4 Å². The molecule has 0 bridgehead atoms. The van der Waals surface area contributed by atoms with Crippen LogP contribution in [0.3, 0.4) is 0 Å². The minimum absolute atomic E-state index is 0.0637. The average molecular weight is 242 g/mol. The van der Waals surface area contributed by atoms with E-state index in [1.54, 1.807) is 13.0 Å². The molecular weight excluding hydrogens is 228 g/mol. The Balaban J connectivity index is 3.07. The van der Waals surface area contributed by atoms with Crippen molar-refractivity contribution in [1.29, 1.82) is 0 Å². The van der Waals surface area contributed by atoms with Gasteiger partial charge in [-0.05, 0) is 24.6 Å². The summed E-state index contributed by atoms with van der Waals surface area (Å²) in [6, 6.07) is 4.75. The standard InChI is InChI=1S/C10H14N2O3S/c1-7-2-3-8(11)9(6-7)16(14,15)5-4-10(12)13/h2-3,6H,4-5,11H2,1H3,(H2,12,13). The molecule has 16 heavy (non-hydrogen) atoms. The Kier molecular flexibility index (Phi) is 3.54. The van der Waals surface area contributed by atoms with E-state index in [9.17, 15) is 13.2 Å². The second-order valence-corrected chi connectivity index (χ2v) is 5.65. The highest BCUT2D eigenvalue weighted by molar-refractivity contribution is 7.91. The van der Waals surface area contributed by atoms with E-state index in [-0.39, 0.29) is 22.8 Å². The van der Waals surface area contributed by atoms with Crippen molar-refractivity contribution in [2.45, 2.75) is 18.2 Å². The van der Waals surface area contributed by atoms with Crippen molar-refractivity contribution in [3.8, 4) is 0 Å². The fraction of sp³-hybridized carbons (Fsp3) is 0.300. The first-order valence-corrected chi connectivity index (χ1v) is 6.35. The number of hydrogen-bond acceptors (Lipinski definition) is 4. The smallest absolute Gasteiger partial charge is 0.218 e. The summed E-state index contributed by atoms with van der Waals surface area (Å²) in [6.45, 7) is 1.77. The lowest BCUT2D eigenvalue weighted by Gasteiger charge is -2.07. The predicted molar refractivity (Wildman–Crippen MR) is 61.5 cm³/mol. The molecule has 1 amide bonds. The molecule has 0 spiro atoms. The van der Waals surface area contributed by atoms with Crippen LogP contribution in [0.4, 0.5) is 5.69 Å². The number of aryl methyl sites for hydroxylation is 1. The third kappa shape index (κ3) is 2.96. The first-order valence-electron chi connectivity index (χ1n) is 4.70. The number of carbonyl (C=O) groups excluding carboxylic acids is 1. The van der Waals surface area contributed by atoms with Gasteiger partial charge in [-0.3, -0.25) is 4.79 Å². The summed E-state index contributed by atoms with van der Waals surface area (Å²) in [5.41, 5.74) is 11.5. The van der Waals surface area contributed by atoms with Gasteiger partial charge in [0.1, 0.15) is 0 Å². The normalized spacial score (nSPS) is 11.3. The summed E-state index contributed by atoms with van der Waals surface area (Å²) in [4.78, 5) is 10.6. The van der Waals surface area contributed by atoms with Crippen LogP contribution in [-0.4, -0.2) is 20.1 Å². The molecule has 0 atom stereocenters. The summed E-state index contributed by atoms with van der Waals surface area (Å²) in [5, 5.41) is 0. The molecule has 0 aliphatic rings. The molecule has 0 radical (unpaired) electrons. The quantitative estimate of drug-likeness (QED) is 0.737. The van der Waals surface area contributed by atoms with Crippen LogP contribution < -0.4 is 11.5 Å². The van der Waals surface area contributed by atoms with E-state index in [4.69, 9.17) is 11.5 Å². The third-order valence-corrected chi connectivity index (χ3v) is 3.89. The highest BCUT2D eigenvalue weighted by Crippen LogP contribution is 2.21. The molecule has 5 nitrogen and oxygen atoms in total. The number of hydrogen-bond donors (Lipinski definition) is 2. The Labute approximate surface area is 94.4 Å². The molecule has 0 aromatic heterocycles. The molecule has 1 rings (SSSR count). The van der Waals surface area contributed by atoms with E-state index in [2.05, 4.69) is 0 Å². The Hall–Kier alpha value is -1.56. The highest BCUT2D eigenvalue weighted by Gasteiger charge is 2.18. The fourth-order valence-electron chi connectivity index (χ4n) is 1.26. The van der Waals surface area contributed by atoms with Crippen molar-refractivity contribution in [2.24, 2.45) is 5.73 Å². The largest absolute Gasteiger partial charge is 0.398 e. The summed E-state index contributed by atoms with van der Waals surface area (Å²) in [5.74, 6) is -0.953. The topological polar surface area (TPSA) is 103 Å². The van der Waals surface area contributed by atoms with Gasteiger partial charge < -0.3 is 11.5 Å². The molecule has 0 saturated carbocycles. The number of nitrogen functional groups attached to an aromatic ring is 1. The maximum atomic E-state index is 11.8. The first-order chi connectivity index (χ1) is 7.33. The van der Waals surface area contributed by atoms with Crippen LogP contribution >= 0.6 is 0 Å². The molecular formula is C10H14N2O3S. The molecule has 0 aliphatic heterocycles. The van der Waals surface area contributed by atoms with Gasteiger partial charge in [0.2, 0.25) is 5.91 Å². The number of carbonyl (C=O) groups is 1. The number of primary amides is 1. The minimum Gasteiger partial charge on any atom is -0.398 e. The molecule has 1 aromatic rings. The van der Waals surface area contributed by atoms with Crippen molar-refractivity contribution in [3.63, 3.8) is 0 Å². The minimum atomic E-state index is -3.53. The van der Waals surface area contributed by atoms with Gasteiger partial charge in [-0.1, -0.05) is 6.07 Å². The van der Waals surface area contributed by atoms with Crippen molar-refractivity contribution < 1.29 is 13.2 Å². The molecule has 0 saturated heterocycles. The van der Waals surface area contributed by atoms with Gasteiger partial charge in [0.15, 0.2) is 9.84 Å². The van der Waals surface area contributed by atoms with E-state index in [1.165, 1.54) is 12.1 Å². The lowest BCUT2D eigenvalue weighted by molar-refractivity contribution is -0.117. The second kappa shape index (κ2) is 4.52. The lowest BCUT2D eigenvalue weighted by atomic mass is 10.2. The molecule has 88 valence electrons.